The van der Waals surface area contributed by atoms with Crippen LogP contribution in [0.25, 0.3) is 0 Å². The molecule has 0 saturated heterocycles. The zero-order valence-corrected chi connectivity index (χ0v) is 18.0. The Labute approximate surface area is 172 Å². The van der Waals surface area contributed by atoms with Crippen LogP contribution in [0.1, 0.15) is 19.4 Å². The second-order valence-corrected chi connectivity index (χ2v) is 8.67. The van der Waals surface area contributed by atoms with Crippen molar-refractivity contribution in [3.8, 4) is 11.5 Å². The summed E-state index contributed by atoms with van der Waals surface area (Å²) in [5.74, 6) is 0.686. The van der Waals surface area contributed by atoms with Crippen LogP contribution in [-0.4, -0.2) is 46.4 Å². The van der Waals surface area contributed by atoms with Gasteiger partial charge in [-0.2, -0.15) is 0 Å². The fourth-order valence-electron chi connectivity index (χ4n) is 2.67. The molecule has 2 rings (SSSR count). The minimum atomic E-state index is -3.69. The van der Waals surface area contributed by atoms with E-state index >= 15 is 0 Å². The normalized spacial score (nSPS) is 12.1. The third-order valence-corrected chi connectivity index (χ3v) is 5.18. The predicted molar refractivity (Wildman–Crippen MR) is 114 cm³/mol. The van der Waals surface area contributed by atoms with Crippen LogP contribution in [0, 0.1) is 6.92 Å². The van der Waals surface area contributed by atoms with E-state index in [0.29, 0.717) is 23.8 Å². The van der Waals surface area contributed by atoms with Crippen molar-refractivity contribution in [3.63, 3.8) is 0 Å². The first-order valence-corrected chi connectivity index (χ1v) is 11.2. The summed E-state index contributed by atoms with van der Waals surface area (Å²) >= 11 is 0. The van der Waals surface area contributed by atoms with Gasteiger partial charge in [0.05, 0.1) is 24.6 Å². The first-order valence-electron chi connectivity index (χ1n) is 9.39. The minimum absolute atomic E-state index is 0.267. The van der Waals surface area contributed by atoms with E-state index in [4.69, 9.17) is 9.47 Å². The van der Waals surface area contributed by atoms with Crippen LogP contribution in [0.4, 0.5) is 5.69 Å². The lowest BCUT2D eigenvalue weighted by molar-refractivity contribution is -0.120. The summed E-state index contributed by atoms with van der Waals surface area (Å²) < 4.78 is 36.8. The molecular formula is C21H28N2O5S. The zero-order chi connectivity index (χ0) is 21.4. The highest BCUT2D eigenvalue weighted by atomic mass is 32.2. The SMILES string of the molecule is CCOc1ccccc1N(CC(=O)N[C@@H](C)COc1ccc(C)cc1)S(C)(=O)=O. The van der Waals surface area contributed by atoms with E-state index < -0.39 is 15.9 Å². The maximum Gasteiger partial charge on any atom is 0.241 e. The van der Waals surface area contributed by atoms with Gasteiger partial charge in [-0.05, 0) is 45.0 Å². The van der Waals surface area contributed by atoms with E-state index in [9.17, 15) is 13.2 Å². The van der Waals surface area contributed by atoms with Crippen LogP contribution in [-0.2, 0) is 14.8 Å². The van der Waals surface area contributed by atoms with E-state index in [0.717, 1.165) is 16.1 Å². The molecule has 158 valence electrons. The van der Waals surface area contributed by atoms with Gasteiger partial charge in [-0.25, -0.2) is 8.42 Å². The van der Waals surface area contributed by atoms with Gasteiger partial charge in [0, 0.05) is 0 Å². The zero-order valence-electron chi connectivity index (χ0n) is 17.2. The summed E-state index contributed by atoms with van der Waals surface area (Å²) in [4.78, 5) is 12.5. The number of aryl methyl sites for hydroxylation is 1. The van der Waals surface area contributed by atoms with Crippen molar-refractivity contribution in [3.05, 3.63) is 54.1 Å². The number of carbonyl (C=O) groups is 1. The van der Waals surface area contributed by atoms with Crippen LogP contribution >= 0.6 is 0 Å². The second kappa shape index (κ2) is 10.2. The number of rotatable bonds is 10. The maximum absolute atomic E-state index is 12.5. The standard InChI is InChI=1S/C21H28N2O5S/c1-5-27-20-9-7-6-8-19(20)23(29(4,25)26)14-21(24)22-17(3)15-28-18-12-10-16(2)11-13-18/h6-13,17H,5,14-15H2,1-4H3,(H,22,24)/t17-/m0/s1. The highest BCUT2D eigenvalue weighted by Crippen LogP contribution is 2.29. The molecule has 8 heteroatoms. The monoisotopic (exact) mass is 420 g/mol. The maximum atomic E-state index is 12.5. The van der Waals surface area contributed by atoms with Crippen molar-refractivity contribution >= 4 is 21.6 Å². The number of anilines is 1. The van der Waals surface area contributed by atoms with E-state index in [2.05, 4.69) is 5.32 Å². The number of para-hydroxylation sites is 2. The van der Waals surface area contributed by atoms with Gasteiger partial charge in [-0.1, -0.05) is 29.8 Å². The van der Waals surface area contributed by atoms with E-state index in [1.807, 2.05) is 38.1 Å². The van der Waals surface area contributed by atoms with Crippen molar-refractivity contribution in [2.45, 2.75) is 26.8 Å². The Bertz CT molecular complexity index is 913. The van der Waals surface area contributed by atoms with Crippen molar-refractivity contribution in [1.82, 2.24) is 5.32 Å². The minimum Gasteiger partial charge on any atom is -0.492 e. The average Bonchev–Trinajstić information content (AvgIpc) is 2.66. The molecule has 1 atom stereocenters. The molecule has 2 aromatic rings. The molecule has 1 amide bonds. The number of carbonyl (C=O) groups excluding carboxylic acids is 1. The lowest BCUT2D eigenvalue weighted by Crippen LogP contribution is -2.45. The summed E-state index contributed by atoms with van der Waals surface area (Å²) in [5, 5.41) is 2.77. The van der Waals surface area contributed by atoms with Gasteiger partial charge >= 0.3 is 0 Å². The molecule has 1 N–H and O–H groups in total. The van der Waals surface area contributed by atoms with Crippen molar-refractivity contribution in [2.75, 3.05) is 30.3 Å². The third-order valence-electron chi connectivity index (χ3n) is 4.05. The fraction of sp³-hybridized carbons (Fsp3) is 0.381. The Morgan fingerprint density at radius 3 is 2.38 bits per heavy atom. The molecule has 7 nitrogen and oxygen atoms in total. The number of hydrogen-bond donors (Lipinski definition) is 1. The first kappa shape index (κ1) is 22.5. The number of nitrogens with one attached hydrogen (secondary N) is 1. The number of sulfonamides is 1. The van der Waals surface area contributed by atoms with Gasteiger partial charge in [0.25, 0.3) is 0 Å². The first-order chi connectivity index (χ1) is 13.7. The van der Waals surface area contributed by atoms with Gasteiger partial charge in [0.15, 0.2) is 0 Å². The number of hydrogen-bond acceptors (Lipinski definition) is 5. The Hall–Kier alpha value is -2.74. The second-order valence-electron chi connectivity index (χ2n) is 6.76. The average molecular weight is 421 g/mol. The van der Waals surface area contributed by atoms with Gasteiger partial charge in [-0.3, -0.25) is 9.10 Å². The van der Waals surface area contributed by atoms with Gasteiger partial charge < -0.3 is 14.8 Å². The van der Waals surface area contributed by atoms with Crippen molar-refractivity contribution in [2.24, 2.45) is 0 Å². The molecular weight excluding hydrogens is 392 g/mol. The summed E-state index contributed by atoms with van der Waals surface area (Å²) in [7, 11) is -3.69. The molecule has 0 saturated carbocycles. The molecule has 0 spiro atoms. The molecule has 29 heavy (non-hydrogen) atoms. The topological polar surface area (TPSA) is 84.9 Å². The summed E-state index contributed by atoms with van der Waals surface area (Å²) in [6.07, 6.45) is 1.06. The lowest BCUT2D eigenvalue weighted by Gasteiger charge is -2.25. The van der Waals surface area contributed by atoms with E-state index in [1.165, 1.54) is 0 Å². The number of ether oxygens (including phenoxy) is 2. The number of nitrogens with zero attached hydrogens (tertiary/aromatic N) is 1. The van der Waals surface area contributed by atoms with Crippen molar-refractivity contribution in [1.29, 1.82) is 0 Å². The molecule has 2 aromatic carbocycles. The van der Waals surface area contributed by atoms with Gasteiger partial charge in [0.2, 0.25) is 15.9 Å². The quantitative estimate of drug-likeness (QED) is 0.639. The van der Waals surface area contributed by atoms with Gasteiger partial charge in [0.1, 0.15) is 24.7 Å². The number of benzene rings is 2. The predicted octanol–water partition coefficient (Wildman–Crippen LogP) is 2.74. The third kappa shape index (κ3) is 6.98. The van der Waals surface area contributed by atoms with Crippen LogP contribution in [0.5, 0.6) is 11.5 Å². The largest absolute Gasteiger partial charge is 0.492 e. The molecule has 0 heterocycles. The highest BCUT2D eigenvalue weighted by molar-refractivity contribution is 7.92. The molecule has 0 aliphatic carbocycles. The smallest absolute Gasteiger partial charge is 0.241 e. The Balaban J connectivity index is 2.02. The number of amides is 1. The molecule has 0 aliphatic heterocycles. The summed E-state index contributed by atoms with van der Waals surface area (Å²) in [6.45, 7) is 5.90. The van der Waals surface area contributed by atoms with E-state index in [1.54, 1.807) is 31.2 Å². The molecule has 0 radical (unpaired) electrons. The lowest BCUT2D eigenvalue weighted by atomic mass is 10.2. The Morgan fingerprint density at radius 2 is 1.76 bits per heavy atom. The molecule has 0 bridgehead atoms. The Kier molecular flexibility index (Phi) is 7.90. The summed E-state index contributed by atoms with van der Waals surface area (Å²) in [5.41, 5.74) is 1.46. The van der Waals surface area contributed by atoms with Gasteiger partial charge in [-0.15, -0.1) is 0 Å². The fourth-order valence-corrected chi connectivity index (χ4v) is 3.53. The van der Waals surface area contributed by atoms with Crippen LogP contribution in [0.3, 0.4) is 0 Å². The Morgan fingerprint density at radius 1 is 1.10 bits per heavy atom. The van der Waals surface area contributed by atoms with Crippen molar-refractivity contribution < 1.29 is 22.7 Å². The van der Waals surface area contributed by atoms with E-state index in [-0.39, 0.29) is 19.2 Å². The molecule has 0 aromatic heterocycles. The highest BCUT2D eigenvalue weighted by Gasteiger charge is 2.24. The molecule has 0 unspecified atom stereocenters. The van der Waals surface area contributed by atoms with Crippen LogP contribution in [0.2, 0.25) is 0 Å². The summed E-state index contributed by atoms with van der Waals surface area (Å²) in [6, 6.07) is 14.0. The molecule has 0 fully saturated rings. The van der Waals surface area contributed by atoms with Crippen LogP contribution < -0.4 is 19.1 Å². The molecule has 0 aliphatic rings. The van der Waals surface area contributed by atoms with Crippen LogP contribution in [0.15, 0.2) is 48.5 Å².